The first-order valence-electron chi connectivity index (χ1n) is 10.3. The van der Waals surface area contributed by atoms with Crippen molar-refractivity contribution in [2.45, 2.75) is 71.3 Å². The summed E-state index contributed by atoms with van der Waals surface area (Å²) in [7, 11) is 0. The second-order valence-electron chi connectivity index (χ2n) is 7.94. The summed E-state index contributed by atoms with van der Waals surface area (Å²) in [6, 6.07) is 8.48. The number of rotatable bonds is 6. The van der Waals surface area contributed by atoms with Crippen molar-refractivity contribution in [2.24, 2.45) is 11.8 Å². The predicted octanol–water partition coefficient (Wildman–Crippen LogP) is 4.08. The van der Waals surface area contributed by atoms with Gasteiger partial charge in [-0.05, 0) is 57.1 Å². The van der Waals surface area contributed by atoms with E-state index in [9.17, 15) is 9.59 Å². The number of carbonyl (C=O) groups is 2. The smallest absolute Gasteiger partial charge is 0.230 e. The second kappa shape index (κ2) is 8.70. The van der Waals surface area contributed by atoms with Crippen molar-refractivity contribution in [2.75, 3.05) is 11.4 Å². The van der Waals surface area contributed by atoms with Gasteiger partial charge in [0.05, 0.1) is 0 Å². The van der Waals surface area contributed by atoms with Crippen molar-refractivity contribution in [3.05, 3.63) is 29.8 Å². The third-order valence-electron chi connectivity index (χ3n) is 5.97. The zero-order chi connectivity index (χ0) is 18.5. The first-order valence-corrected chi connectivity index (χ1v) is 10.3. The van der Waals surface area contributed by atoms with E-state index in [-0.39, 0.29) is 29.7 Å². The maximum atomic E-state index is 13.1. The van der Waals surface area contributed by atoms with Gasteiger partial charge in [0.1, 0.15) is 0 Å². The second-order valence-corrected chi connectivity index (χ2v) is 7.94. The molecular weight excluding hydrogens is 324 g/mol. The van der Waals surface area contributed by atoms with E-state index in [1.54, 1.807) is 0 Å². The van der Waals surface area contributed by atoms with Crippen LogP contribution in [0, 0.1) is 11.8 Å². The highest BCUT2D eigenvalue weighted by Gasteiger charge is 2.37. The van der Waals surface area contributed by atoms with Gasteiger partial charge >= 0.3 is 0 Å². The lowest BCUT2D eigenvalue weighted by molar-refractivity contribution is -0.129. The summed E-state index contributed by atoms with van der Waals surface area (Å²) in [6.07, 6.45) is 7.66. The van der Waals surface area contributed by atoms with E-state index >= 15 is 0 Å². The van der Waals surface area contributed by atoms with Gasteiger partial charge in [-0.15, -0.1) is 0 Å². The van der Waals surface area contributed by atoms with Crippen molar-refractivity contribution in [1.82, 2.24) is 5.32 Å². The number of nitrogens with zero attached hydrogens (tertiary/aromatic N) is 1. The fourth-order valence-electron chi connectivity index (χ4n) is 4.43. The molecule has 0 radical (unpaired) electrons. The molecule has 1 aromatic carbocycles. The Balaban J connectivity index is 1.52. The molecular formula is C22H32N2O2. The van der Waals surface area contributed by atoms with Crippen LogP contribution in [0.4, 0.5) is 5.69 Å². The fourth-order valence-corrected chi connectivity index (χ4v) is 4.43. The molecule has 0 saturated heterocycles. The van der Waals surface area contributed by atoms with Crippen LogP contribution < -0.4 is 10.2 Å². The monoisotopic (exact) mass is 356 g/mol. The van der Waals surface area contributed by atoms with Crippen LogP contribution in [-0.4, -0.2) is 24.4 Å². The first-order chi connectivity index (χ1) is 12.6. The zero-order valence-electron chi connectivity index (χ0n) is 16.2. The third kappa shape index (κ3) is 4.11. The minimum atomic E-state index is 0.0627. The highest BCUT2D eigenvalue weighted by atomic mass is 16.2. The molecule has 1 aliphatic heterocycles. The molecule has 1 atom stereocenters. The quantitative estimate of drug-likeness (QED) is 0.781. The molecule has 0 spiro atoms. The molecule has 3 rings (SSSR count). The Labute approximate surface area is 157 Å². The van der Waals surface area contributed by atoms with Gasteiger partial charge in [0, 0.05) is 30.1 Å². The number of nitrogens with one attached hydrogen (secondary N) is 1. The maximum Gasteiger partial charge on any atom is 0.230 e. The van der Waals surface area contributed by atoms with E-state index in [0.717, 1.165) is 57.2 Å². The number of hydrogen-bond donors (Lipinski definition) is 1. The number of anilines is 1. The van der Waals surface area contributed by atoms with E-state index in [1.165, 1.54) is 12.0 Å². The molecule has 1 fully saturated rings. The molecule has 2 aliphatic rings. The SMILES string of the molecule is CCCCCNC(=O)C1CCC(C(=O)N2c3ccccc3CC2C)CC1. The molecule has 26 heavy (non-hydrogen) atoms. The van der Waals surface area contributed by atoms with Gasteiger partial charge in [-0.1, -0.05) is 38.0 Å². The molecule has 1 unspecified atom stereocenters. The lowest BCUT2D eigenvalue weighted by Crippen LogP contribution is -2.42. The fraction of sp³-hybridized carbons (Fsp3) is 0.636. The van der Waals surface area contributed by atoms with Gasteiger partial charge in [0.2, 0.25) is 11.8 Å². The summed E-state index contributed by atoms with van der Waals surface area (Å²) in [6.45, 7) is 5.08. The van der Waals surface area contributed by atoms with E-state index in [0.29, 0.717) is 0 Å². The molecule has 0 aromatic heterocycles. The van der Waals surface area contributed by atoms with Crippen molar-refractivity contribution in [3.8, 4) is 0 Å². The van der Waals surface area contributed by atoms with Gasteiger partial charge < -0.3 is 10.2 Å². The largest absolute Gasteiger partial charge is 0.356 e. The summed E-state index contributed by atoms with van der Waals surface area (Å²) < 4.78 is 0. The van der Waals surface area contributed by atoms with Crippen LogP contribution in [0.1, 0.15) is 64.4 Å². The lowest BCUT2D eigenvalue weighted by Gasteiger charge is -2.32. The van der Waals surface area contributed by atoms with E-state index in [4.69, 9.17) is 0 Å². The van der Waals surface area contributed by atoms with Gasteiger partial charge in [0.25, 0.3) is 0 Å². The zero-order valence-corrected chi connectivity index (χ0v) is 16.2. The average molecular weight is 357 g/mol. The normalized spacial score (nSPS) is 25.0. The minimum absolute atomic E-state index is 0.0627. The summed E-state index contributed by atoms with van der Waals surface area (Å²) >= 11 is 0. The van der Waals surface area contributed by atoms with Crippen LogP contribution in [0.2, 0.25) is 0 Å². The molecule has 0 bridgehead atoms. The Bertz CT molecular complexity index is 635. The highest BCUT2D eigenvalue weighted by molar-refractivity contribution is 5.97. The predicted molar refractivity (Wildman–Crippen MR) is 105 cm³/mol. The Morgan fingerprint density at radius 2 is 1.77 bits per heavy atom. The maximum absolute atomic E-state index is 13.1. The summed E-state index contributed by atoms with van der Waals surface area (Å²) in [5.74, 6) is 0.591. The average Bonchev–Trinajstić information content (AvgIpc) is 3.00. The van der Waals surface area contributed by atoms with Crippen molar-refractivity contribution in [1.29, 1.82) is 0 Å². The highest BCUT2D eigenvalue weighted by Crippen LogP contribution is 2.36. The minimum Gasteiger partial charge on any atom is -0.356 e. The van der Waals surface area contributed by atoms with Crippen molar-refractivity contribution < 1.29 is 9.59 Å². The van der Waals surface area contributed by atoms with Gasteiger partial charge in [-0.25, -0.2) is 0 Å². The first kappa shape index (κ1) is 18.9. The van der Waals surface area contributed by atoms with E-state index in [2.05, 4.69) is 31.3 Å². The van der Waals surface area contributed by atoms with Gasteiger partial charge in [-0.2, -0.15) is 0 Å². The molecule has 4 nitrogen and oxygen atoms in total. The number of carbonyl (C=O) groups excluding carboxylic acids is 2. The molecule has 1 saturated carbocycles. The Morgan fingerprint density at radius 1 is 1.08 bits per heavy atom. The van der Waals surface area contributed by atoms with Crippen molar-refractivity contribution >= 4 is 17.5 Å². The molecule has 4 heteroatoms. The van der Waals surface area contributed by atoms with Crippen LogP contribution in [0.25, 0.3) is 0 Å². The Kier molecular flexibility index (Phi) is 6.33. The number of amides is 2. The Morgan fingerprint density at radius 3 is 2.50 bits per heavy atom. The Hall–Kier alpha value is -1.84. The third-order valence-corrected chi connectivity index (χ3v) is 5.97. The number of unbranched alkanes of at least 4 members (excludes halogenated alkanes) is 2. The van der Waals surface area contributed by atoms with Crippen LogP contribution in [-0.2, 0) is 16.0 Å². The molecule has 1 N–H and O–H groups in total. The molecule has 1 heterocycles. The number of benzene rings is 1. The topological polar surface area (TPSA) is 49.4 Å². The van der Waals surface area contributed by atoms with Crippen LogP contribution >= 0.6 is 0 Å². The van der Waals surface area contributed by atoms with Crippen LogP contribution in [0.3, 0.4) is 0 Å². The molecule has 1 aliphatic carbocycles. The van der Waals surface area contributed by atoms with Gasteiger partial charge in [0.15, 0.2) is 0 Å². The number of fused-ring (bicyclic) bond motifs is 1. The molecule has 2 amide bonds. The van der Waals surface area contributed by atoms with Crippen LogP contribution in [0.15, 0.2) is 24.3 Å². The van der Waals surface area contributed by atoms with E-state index < -0.39 is 0 Å². The van der Waals surface area contributed by atoms with Gasteiger partial charge in [-0.3, -0.25) is 9.59 Å². The van der Waals surface area contributed by atoms with Crippen LogP contribution in [0.5, 0.6) is 0 Å². The summed E-state index contributed by atoms with van der Waals surface area (Å²) in [5, 5.41) is 3.07. The number of hydrogen-bond acceptors (Lipinski definition) is 2. The molecule has 1 aromatic rings. The summed E-state index contributed by atoms with van der Waals surface area (Å²) in [5.41, 5.74) is 2.36. The van der Waals surface area contributed by atoms with Crippen molar-refractivity contribution in [3.63, 3.8) is 0 Å². The standard InChI is InChI=1S/C22H32N2O2/c1-3-4-7-14-23-21(25)17-10-12-18(13-11-17)22(26)24-16(2)15-19-8-5-6-9-20(19)24/h5-6,8-9,16-18H,3-4,7,10-15H2,1-2H3,(H,23,25). The molecule has 142 valence electrons. The number of para-hydroxylation sites is 1. The lowest BCUT2D eigenvalue weighted by atomic mass is 9.80. The summed E-state index contributed by atoms with van der Waals surface area (Å²) in [4.78, 5) is 27.4. The van der Waals surface area contributed by atoms with E-state index in [1.807, 2.05) is 17.0 Å².